The van der Waals surface area contributed by atoms with Crippen LogP contribution in [0.3, 0.4) is 0 Å². The van der Waals surface area contributed by atoms with E-state index in [9.17, 15) is 0 Å². The van der Waals surface area contributed by atoms with Crippen molar-refractivity contribution in [2.75, 3.05) is 11.5 Å². The summed E-state index contributed by atoms with van der Waals surface area (Å²) in [6, 6.07) is 93.6. The Hall–Kier alpha value is -11.2. The molecule has 0 atom stereocenters. The van der Waals surface area contributed by atoms with Crippen molar-refractivity contribution in [3.05, 3.63) is 255 Å². The zero-order chi connectivity index (χ0) is 55.9. The van der Waals surface area contributed by atoms with Gasteiger partial charge >= 0.3 is 0 Å². The third-order valence-electron chi connectivity index (χ3n) is 18.2. The summed E-state index contributed by atoms with van der Waals surface area (Å²) < 4.78 is 0. The minimum atomic E-state index is 0.748. The van der Waals surface area contributed by atoms with Crippen LogP contribution in [0.2, 0.25) is 0 Å². The van der Waals surface area contributed by atoms with Crippen LogP contribution in [0.1, 0.15) is 0 Å². The summed E-state index contributed by atoms with van der Waals surface area (Å²) in [7, 11) is 0. The Morgan fingerprint density at radius 1 is 0.214 bits per heavy atom. The van der Waals surface area contributed by atoms with Crippen molar-refractivity contribution in [3.63, 3.8) is 0 Å². The third-order valence-corrected chi connectivity index (χ3v) is 18.2. The Morgan fingerprint density at radius 2 is 0.476 bits per heavy atom. The number of hydrogen-bond acceptors (Lipinski definition) is 4. The van der Waals surface area contributed by atoms with E-state index >= 15 is 0 Å². The van der Waals surface area contributed by atoms with Crippen LogP contribution in [-0.2, 0) is 0 Å². The summed E-state index contributed by atoms with van der Waals surface area (Å²) in [4.78, 5) is 8.39. The summed E-state index contributed by atoms with van der Waals surface area (Å²) in [5.74, 6) is 0. The summed E-state index contributed by atoms with van der Waals surface area (Å²) >= 11 is 0. The van der Waals surface area contributed by atoms with Gasteiger partial charge in [-0.1, -0.05) is 182 Å². The number of nitrogens with two attached hydrogens (primary N) is 2. The van der Waals surface area contributed by atoms with Gasteiger partial charge in [-0.3, -0.25) is 9.98 Å². The second kappa shape index (κ2) is 18.2. The van der Waals surface area contributed by atoms with Gasteiger partial charge in [0, 0.05) is 11.4 Å². The molecule has 390 valence electrons. The quantitative estimate of drug-likeness (QED) is 0.0904. The van der Waals surface area contributed by atoms with Crippen molar-refractivity contribution >= 4 is 101 Å². The Morgan fingerprint density at radius 3 is 0.786 bits per heavy atom. The van der Waals surface area contributed by atoms with E-state index in [-0.39, 0.29) is 0 Å². The first-order valence-electron chi connectivity index (χ1n) is 28.5. The second-order valence-electron chi connectivity index (χ2n) is 22.5. The number of rotatable bonds is 8. The van der Waals surface area contributed by atoms with E-state index in [0.717, 1.165) is 45.0 Å². The molecule has 15 aromatic carbocycles. The molecule has 4 nitrogen and oxygen atoms in total. The Labute approximate surface area is 485 Å². The number of fused-ring (bicyclic) bond motifs is 10. The molecule has 2 aliphatic rings. The molecular weight excluding hydrogens is 1020 g/mol. The van der Waals surface area contributed by atoms with Crippen LogP contribution in [-0.4, -0.2) is 13.4 Å². The van der Waals surface area contributed by atoms with E-state index in [4.69, 9.17) is 11.5 Å². The fourth-order valence-electron chi connectivity index (χ4n) is 14.4. The molecule has 0 unspecified atom stereocenters. The van der Waals surface area contributed by atoms with E-state index in [1.165, 1.54) is 154 Å². The van der Waals surface area contributed by atoms with E-state index in [2.05, 4.69) is 230 Å². The Bertz CT molecular complexity index is 5120. The number of benzene rings is 15. The molecule has 0 saturated heterocycles. The molecule has 0 radical (unpaired) electrons. The molecular formula is C80H50N4. The largest absolute Gasteiger partial charge is 0.399 e. The molecule has 2 aliphatic carbocycles. The SMILES string of the molecule is C=Nc1ccc(-c2ccc(-c3ccc(N=C)cc3)c3cc4c(cc23)-c2cccc3c(-c5c6ccccc6c(-c6ccc7c8c(cccc68)-c6cc8c(-c9ccc(N)cc9)ccc(-c9ccc(N)cc9)c8cc6-7)c6ccccc56)ccc-4c23)cc1. The van der Waals surface area contributed by atoms with Crippen molar-refractivity contribution in [2.24, 2.45) is 9.98 Å². The molecule has 0 spiro atoms. The summed E-state index contributed by atoms with van der Waals surface area (Å²) in [6.07, 6.45) is 0. The number of aliphatic imine (C=N–C) groups is 2. The van der Waals surface area contributed by atoms with Gasteiger partial charge in [0.15, 0.2) is 0 Å². The molecule has 0 fully saturated rings. The van der Waals surface area contributed by atoms with Crippen LogP contribution < -0.4 is 11.5 Å². The summed E-state index contributed by atoms with van der Waals surface area (Å²) in [5, 5.41) is 14.7. The van der Waals surface area contributed by atoms with Gasteiger partial charge in [0.05, 0.1) is 11.4 Å². The third kappa shape index (κ3) is 6.95. The minimum Gasteiger partial charge on any atom is -0.399 e. The lowest BCUT2D eigenvalue weighted by molar-refractivity contribution is 1.54. The topological polar surface area (TPSA) is 76.8 Å². The molecule has 0 bridgehead atoms. The van der Waals surface area contributed by atoms with E-state index in [0.29, 0.717) is 0 Å². The van der Waals surface area contributed by atoms with Crippen LogP contribution in [0, 0.1) is 0 Å². The summed E-state index contributed by atoms with van der Waals surface area (Å²) in [5.41, 5.74) is 39.8. The smallest absolute Gasteiger partial charge is 0.0622 e. The van der Waals surface area contributed by atoms with Gasteiger partial charge in [0.25, 0.3) is 0 Å². The van der Waals surface area contributed by atoms with Crippen molar-refractivity contribution < 1.29 is 0 Å². The average Bonchev–Trinajstić information content (AvgIpc) is 2.58. The highest BCUT2D eigenvalue weighted by Gasteiger charge is 2.29. The Balaban J connectivity index is 0.853. The van der Waals surface area contributed by atoms with Crippen LogP contribution >= 0.6 is 0 Å². The van der Waals surface area contributed by atoms with Crippen LogP contribution in [0.5, 0.6) is 0 Å². The molecule has 0 amide bonds. The Kier molecular flexibility index (Phi) is 10.3. The maximum atomic E-state index is 6.23. The molecule has 4 N–H and O–H groups in total. The first kappa shape index (κ1) is 47.6. The number of nitrogen functional groups attached to an aromatic ring is 2. The monoisotopic (exact) mass is 1070 g/mol. The average molecular weight is 1070 g/mol. The second-order valence-corrected chi connectivity index (χ2v) is 22.5. The first-order chi connectivity index (χ1) is 41.4. The van der Waals surface area contributed by atoms with Crippen LogP contribution in [0.4, 0.5) is 22.7 Å². The van der Waals surface area contributed by atoms with Gasteiger partial charge in [-0.25, -0.2) is 0 Å². The number of hydrogen-bond donors (Lipinski definition) is 2. The van der Waals surface area contributed by atoms with Gasteiger partial charge in [-0.15, -0.1) is 0 Å². The highest BCUT2D eigenvalue weighted by molar-refractivity contribution is 6.30. The van der Waals surface area contributed by atoms with Gasteiger partial charge in [0.2, 0.25) is 0 Å². The molecule has 0 aromatic heterocycles. The predicted molar refractivity (Wildman–Crippen MR) is 360 cm³/mol. The maximum Gasteiger partial charge on any atom is 0.0622 e. The molecule has 15 aromatic rings. The maximum absolute atomic E-state index is 6.23. The van der Waals surface area contributed by atoms with Crippen LogP contribution in [0.15, 0.2) is 265 Å². The lowest BCUT2D eigenvalue weighted by Crippen LogP contribution is -1.93. The van der Waals surface area contributed by atoms with E-state index in [1.807, 2.05) is 48.5 Å². The van der Waals surface area contributed by atoms with Gasteiger partial charge in [0.1, 0.15) is 0 Å². The molecule has 0 heterocycles. The van der Waals surface area contributed by atoms with Crippen molar-refractivity contribution in [1.29, 1.82) is 0 Å². The standard InChI is InChI=1S/C80H50N4/c1-83-51-29-21-47(22-30-51)55-35-36-56(48-23-31-52(84-2)32-24-48)72-44-76-68-40-38-66(62-14-8-16-64(80(62)68)74(76)42-70(55)72)78-59-11-5-3-9-57(59)77(58-10-4-6-12-60(58)78)65-37-39-67-75-43-71-54(46-19-27-50(82)28-20-46)34-33-53(45-17-25-49(81)26-18-45)69(71)41-73(75)63-15-7-13-61(65)79(63)67/h3-44H,1-2,81-82H2. The number of anilines is 2. The van der Waals surface area contributed by atoms with Gasteiger partial charge < -0.3 is 11.5 Å². The predicted octanol–water partition coefficient (Wildman–Crippen LogP) is 21.7. The molecule has 4 heteroatoms. The van der Waals surface area contributed by atoms with Crippen LogP contribution in [0.25, 0.3) is 176 Å². The summed E-state index contributed by atoms with van der Waals surface area (Å²) in [6.45, 7) is 7.55. The minimum absolute atomic E-state index is 0.748. The highest BCUT2D eigenvalue weighted by Crippen LogP contribution is 2.57. The highest BCUT2D eigenvalue weighted by atomic mass is 14.7. The van der Waals surface area contributed by atoms with Crippen molar-refractivity contribution in [3.8, 4) is 111 Å². The molecule has 84 heavy (non-hydrogen) atoms. The van der Waals surface area contributed by atoms with Gasteiger partial charge in [-0.05, 0) is 262 Å². The van der Waals surface area contributed by atoms with E-state index in [1.54, 1.807) is 0 Å². The molecule has 0 aliphatic heterocycles. The van der Waals surface area contributed by atoms with Crippen molar-refractivity contribution in [2.45, 2.75) is 0 Å². The lowest BCUT2D eigenvalue weighted by atomic mass is 9.83. The number of nitrogens with zero attached hydrogens (tertiary/aromatic N) is 2. The van der Waals surface area contributed by atoms with Gasteiger partial charge in [-0.2, -0.15) is 0 Å². The zero-order valence-corrected chi connectivity index (χ0v) is 45.7. The zero-order valence-electron chi connectivity index (χ0n) is 45.7. The molecule has 0 saturated carbocycles. The lowest BCUT2D eigenvalue weighted by Gasteiger charge is -2.20. The first-order valence-corrected chi connectivity index (χ1v) is 28.5. The normalized spacial score (nSPS) is 12.0. The van der Waals surface area contributed by atoms with E-state index < -0.39 is 0 Å². The molecule has 17 rings (SSSR count). The fraction of sp³-hybridized carbons (Fsp3) is 0. The van der Waals surface area contributed by atoms with Crippen molar-refractivity contribution in [1.82, 2.24) is 0 Å². The fourth-order valence-corrected chi connectivity index (χ4v) is 14.4.